The second-order valence-electron chi connectivity index (χ2n) is 6.65. The number of sulfonamides is 1. The summed E-state index contributed by atoms with van der Waals surface area (Å²) in [6.45, 7) is 7.38. The number of nitrogens with zero attached hydrogens (tertiary/aromatic N) is 3. The van der Waals surface area contributed by atoms with Crippen molar-refractivity contribution in [1.29, 1.82) is 0 Å². The van der Waals surface area contributed by atoms with E-state index in [0.717, 1.165) is 11.3 Å². The first-order valence-electron chi connectivity index (χ1n) is 9.47. The molecule has 0 aliphatic rings. The lowest BCUT2D eigenvalue weighted by atomic mass is 10.2. The number of ether oxygens (including phenoxy) is 1. The summed E-state index contributed by atoms with van der Waals surface area (Å²) >= 11 is 1.05. The summed E-state index contributed by atoms with van der Waals surface area (Å²) in [5, 5.41) is 13.9. The minimum Gasteiger partial charge on any atom is -0.494 e. The molecular weight excluding hydrogens is 468 g/mol. The number of fused-ring (bicyclic) bond motifs is 1. The van der Waals surface area contributed by atoms with Crippen LogP contribution in [-0.2, 0) is 10.0 Å². The van der Waals surface area contributed by atoms with Crippen LogP contribution < -0.4 is 10.1 Å². The molecule has 0 radical (unpaired) electrons. The first-order chi connectivity index (χ1) is 15.7. The number of methoxy groups -OCH3 is 1. The lowest BCUT2D eigenvalue weighted by Gasteiger charge is -2.19. The van der Waals surface area contributed by atoms with Crippen molar-refractivity contribution in [2.45, 2.75) is 4.90 Å². The predicted molar refractivity (Wildman–Crippen MR) is 126 cm³/mol. The van der Waals surface area contributed by atoms with Crippen LogP contribution in [-0.4, -0.2) is 48.7 Å². The smallest absolute Gasteiger partial charge is 0.274 e. The molecule has 0 aliphatic heterocycles. The van der Waals surface area contributed by atoms with E-state index >= 15 is 0 Å². The predicted octanol–water partition coefficient (Wildman–Crippen LogP) is 3.83. The highest BCUT2D eigenvalue weighted by molar-refractivity contribution is 7.89. The number of amides is 1. The Morgan fingerprint density at radius 2 is 1.88 bits per heavy atom. The van der Waals surface area contributed by atoms with Crippen LogP contribution in [0.5, 0.6) is 5.75 Å². The van der Waals surface area contributed by atoms with Gasteiger partial charge in [0.15, 0.2) is 10.9 Å². The minimum atomic E-state index is -3.78. The van der Waals surface area contributed by atoms with E-state index in [1.165, 1.54) is 60.0 Å². The molecule has 0 fully saturated rings. The highest BCUT2D eigenvalue weighted by Gasteiger charge is 2.23. The molecule has 2 aromatic carbocycles. The quantitative estimate of drug-likeness (QED) is 0.261. The molecule has 3 aromatic rings. The Morgan fingerprint density at radius 1 is 1.24 bits per heavy atom. The zero-order valence-electron chi connectivity index (χ0n) is 17.6. The van der Waals surface area contributed by atoms with E-state index in [9.17, 15) is 23.3 Å². The SMILES string of the molecule is C=CCN(CC=C)S(=O)(=O)c1ccc(C(=O)Nc2nc3c(OC)cc([N+](=O)[O-])cc3s2)cc1. The lowest BCUT2D eigenvalue weighted by molar-refractivity contribution is -0.384. The molecule has 0 bridgehead atoms. The standard InChI is InChI=1S/C21H20N4O6S2/c1-4-10-24(11-5-2)33(29,30)16-8-6-14(7-9-16)20(26)23-21-22-19-17(31-3)12-15(25(27)28)13-18(19)32-21/h4-9,12-13H,1-2,10-11H2,3H3,(H,22,23,26). The first-order valence-corrected chi connectivity index (χ1v) is 11.7. The van der Waals surface area contributed by atoms with Crippen molar-refractivity contribution in [2.75, 3.05) is 25.5 Å². The van der Waals surface area contributed by atoms with Gasteiger partial charge in [0.2, 0.25) is 10.0 Å². The third kappa shape index (κ3) is 5.08. The number of aromatic nitrogens is 1. The van der Waals surface area contributed by atoms with Crippen molar-refractivity contribution in [3.05, 3.63) is 77.4 Å². The van der Waals surface area contributed by atoms with Crippen molar-refractivity contribution in [2.24, 2.45) is 0 Å². The number of nitro benzene ring substituents is 1. The number of nitro groups is 1. The van der Waals surface area contributed by atoms with Gasteiger partial charge in [-0.05, 0) is 24.3 Å². The molecular formula is C21H20N4O6S2. The van der Waals surface area contributed by atoms with Crippen LogP contribution in [0.2, 0.25) is 0 Å². The molecule has 1 aromatic heterocycles. The van der Waals surface area contributed by atoms with Crippen LogP contribution in [0.1, 0.15) is 10.4 Å². The van der Waals surface area contributed by atoms with E-state index in [-0.39, 0.29) is 40.1 Å². The Balaban J connectivity index is 1.84. The summed E-state index contributed by atoms with van der Waals surface area (Å²) in [5.74, 6) is -0.297. The molecule has 3 rings (SSSR count). The number of nitrogens with one attached hydrogen (secondary N) is 1. The fourth-order valence-electron chi connectivity index (χ4n) is 2.95. The number of carbonyl (C=O) groups is 1. The molecule has 1 amide bonds. The molecule has 33 heavy (non-hydrogen) atoms. The van der Waals surface area contributed by atoms with E-state index in [2.05, 4.69) is 23.5 Å². The topological polar surface area (TPSA) is 132 Å². The van der Waals surface area contributed by atoms with Gasteiger partial charge in [-0.3, -0.25) is 20.2 Å². The Labute approximate surface area is 194 Å². The lowest BCUT2D eigenvalue weighted by Crippen LogP contribution is -2.31. The number of carbonyl (C=O) groups excluding carboxylic acids is 1. The van der Waals surface area contributed by atoms with Gasteiger partial charge >= 0.3 is 0 Å². The number of rotatable bonds is 10. The van der Waals surface area contributed by atoms with Gasteiger partial charge in [0.25, 0.3) is 11.6 Å². The number of thiazole rings is 1. The Bertz CT molecular complexity index is 1320. The molecule has 0 saturated heterocycles. The van der Waals surface area contributed by atoms with Crippen molar-refractivity contribution in [3.63, 3.8) is 0 Å². The van der Waals surface area contributed by atoms with Crippen LogP contribution in [0.15, 0.2) is 66.6 Å². The van der Waals surface area contributed by atoms with Crippen LogP contribution in [0.4, 0.5) is 10.8 Å². The monoisotopic (exact) mass is 488 g/mol. The van der Waals surface area contributed by atoms with Crippen molar-refractivity contribution in [1.82, 2.24) is 9.29 Å². The third-order valence-electron chi connectivity index (χ3n) is 4.52. The Kier molecular flexibility index (Phi) is 7.21. The van der Waals surface area contributed by atoms with Crippen LogP contribution >= 0.6 is 11.3 Å². The molecule has 0 aliphatic carbocycles. The number of non-ortho nitro benzene ring substituents is 1. The van der Waals surface area contributed by atoms with Crippen molar-refractivity contribution >= 4 is 48.3 Å². The molecule has 172 valence electrons. The van der Waals surface area contributed by atoms with Crippen molar-refractivity contribution < 1.29 is 22.9 Å². The summed E-state index contributed by atoms with van der Waals surface area (Å²) in [6.07, 6.45) is 2.95. The van der Waals surface area contributed by atoms with Crippen LogP contribution in [0, 0.1) is 10.1 Å². The van der Waals surface area contributed by atoms with E-state index in [1.54, 1.807) is 0 Å². The fraction of sp³-hybridized carbons (Fsp3) is 0.143. The number of anilines is 1. The second-order valence-corrected chi connectivity index (χ2v) is 9.62. The average Bonchev–Trinajstić information content (AvgIpc) is 3.20. The fourth-order valence-corrected chi connectivity index (χ4v) is 5.25. The Hall–Kier alpha value is -3.61. The molecule has 0 atom stereocenters. The molecule has 10 nitrogen and oxygen atoms in total. The van der Waals surface area contributed by atoms with Gasteiger partial charge in [-0.15, -0.1) is 13.2 Å². The summed E-state index contributed by atoms with van der Waals surface area (Å²) < 4.78 is 32.4. The maximum Gasteiger partial charge on any atom is 0.274 e. The van der Waals surface area contributed by atoms with E-state index in [1.807, 2.05) is 0 Å². The van der Waals surface area contributed by atoms with Gasteiger partial charge in [-0.2, -0.15) is 4.31 Å². The van der Waals surface area contributed by atoms with E-state index in [0.29, 0.717) is 10.2 Å². The molecule has 12 heteroatoms. The van der Waals surface area contributed by atoms with Gasteiger partial charge in [-0.25, -0.2) is 13.4 Å². The first kappa shape index (κ1) is 24.0. The normalized spacial score (nSPS) is 11.3. The van der Waals surface area contributed by atoms with Gasteiger partial charge in [0.1, 0.15) is 5.52 Å². The summed E-state index contributed by atoms with van der Waals surface area (Å²) in [4.78, 5) is 27.5. The van der Waals surface area contributed by atoms with E-state index in [4.69, 9.17) is 4.74 Å². The highest BCUT2D eigenvalue weighted by Crippen LogP contribution is 2.36. The maximum absolute atomic E-state index is 12.8. The number of hydrogen-bond acceptors (Lipinski definition) is 8. The summed E-state index contributed by atoms with van der Waals surface area (Å²) in [5.41, 5.74) is 0.444. The van der Waals surface area contributed by atoms with Crippen LogP contribution in [0.25, 0.3) is 10.2 Å². The van der Waals surface area contributed by atoms with E-state index < -0.39 is 20.9 Å². The molecule has 1 N–H and O–H groups in total. The number of benzene rings is 2. The van der Waals surface area contributed by atoms with Crippen LogP contribution in [0.3, 0.4) is 0 Å². The summed E-state index contributed by atoms with van der Waals surface area (Å²) in [7, 11) is -2.41. The molecule has 0 spiro atoms. The van der Waals surface area contributed by atoms with Gasteiger partial charge in [-0.1, -0.05) is 23.5 Å². The Morgan fingerprint density at radius 3 is 2.42 bits per heavy atom. The zero-order valence-corrected chi connectivity index (χ0v) is 19.2. The third-order valence-corrected chi connectivity index (χ3v) is 7.28. The van der Waals surface area contributed by atoms with Crippen molar-refractivity contribution in [3.8, 4) is 5.75 Å². The minimum absolute atomic E-state index is 0.0276. The molecule has 1 heterocycles. The average molecular weight is 489 g/mol. The van der Waals surface area contributed by atoms with Gasteiger partial charge in [0.05, 0.1) is 27.7 Å². The van der Waals surface area contributed by atoms with Gasteiger partial charge in [0, 0.05) is 24.7 Å². The molecule has 0 unspecified atom stereocenters. The maximum atomic E-state index is 12.8. The summed E-state index contributed by atoms with van der Waals surface area (Å²) in [6, 6.07) is 8.07. The number of hydrogen-bond donors (Lipinski definition) is 1. The molecule has 0 saturated carbocycles. The largest absolute Gasteiger partial charge is 0.494 e. The second kappa shape index (κ2) is 9.90. The van der Waals surface area contributed by atoms with Gasteiger partial charge < -0.3 is 4.74 Å². The highest BCUT2D eigenvalue weighted by atomic mass is 32.2. The zero-order chi connectivity index (χ0) is 24.2.